The van der Waals surface area contributed by atoms with E-state index in [0.717, 1.165) is 5.56 Å². The molecule has 1 fully saturated rings. The van der Waals surface area contributed by atoms with Crippen molar-refractivity contribution >= 4 is 22.9 Å². The van der Waals surface area contributed by atoms with E-state index < -0.39 is 11.8 Å². The van der Waals surface area contributed by atoms with Gasteiger partial charge in [0.1, 0.15) is 6.04 Å². The summed E-state index contributed by atoms with van der Waals surface area (Å²) in [4.78, 5) is 38.2. The highest BCUT2D eigenvalue weighted by Crippen LogP contribution is 2.15. The number of hydrogen-bond donors (Lipinski definition) is 2. The Labute approximate surface area is 144 Å². The molecule has 2 aromatic rings. The van der Waals surface area contributed by atoms with Gasteiger partial charge in [-0.3, -0.25) is 14.2 Å². The molecule has 1 saturated heterocycles. The molecule has 134 valence electrons. The van der Waals surface area contributed by atoms with Crippen LogP contribution >= 0.6 is 0 Å². The molecule has 8 heteroatoms. The lowest BCUT2D eigenvalue weighted by atomic mass is 10.1. The van der Waals surface area contributed by atoms with Gasteiger partial charge in [-0.15, -0.1) is 0 Å². The number of nitrogens with one attached hydrogen (secondary N) is 2. The van der Waals surface area contributed by atoms with Crippen LogP contribution in [-0.4, -0.2) is 54.0 Å². The topological polar surface area (TPSA) is 96.6 Å². The van der Waals surface area contributed by atoms with E-state index in [-0.39, 0.29) is 24.8 Å². The summed E-state index contributed by atoms with van der Waals surface area (Å²) in [6, 6.07) is 4.96. The number of carbonyl (C=O) groups excluding carboxylic acids is 2. The molecule has 1 aliphatic heterocycles. The Morgan fingerprint density at radius 2 is 2.20 bits per heavy atom. The standard InChI is InChI=1S/C17H22N4O4/c1-11-3-4-14-12(9-11)21(17(24)25-14)7-5-15(22)20-8-6-19-10-13(20)16(23)18-2/h3-4,9,13,19H,5-8,10H2,1-2H3,(H,18,23). The zero-order valence-corrected chi connectivity index (χ0v) is 14.4. The Kier molecular flexibility index (Phi) is 4.89. The van der Waals surface area contributed by atoms with Crippen LogP contribution in [0.5, 0.6) is 0 Å². The van der Waals surface area contributed by atoms with Gasteiger partial charge in [-0.2, -0.15) is 0 Å². The number of aromatic nitrogens is 1. The minimum absolute atomic E-state index is 0.135. The van der Waals surface area contributed by atoms with Gasteiger partial charge in [-0.05, 0) is 24.6 Å². The third-order valence-corrected chi connectivity index (χ3v) is 4.48. The molecule has 0 aliphatic carbocycles. The average Bonchev–Trinajstić information content (AvgIpc) is 2.93. The first-order valence-electron chi connectivity index (χ1n) is 8.33. The Balaban J connectivity index is 1.76. The van der Waals surface area contributed by atoms with Crippen LogP contribution in [-0.2, 0) is 16.1 Å². The predicted molar refractivity (Wildman–Crippen MR) is 92.3 cm³/mol. The highest BCUT2D eigenvalue weighted by Gasteiger charge is 2.31. The lowest BCUT2D eigenvalue weighted by Crippen LogP contribution is -2.59. The van der Waals surface area contributed by atoms with E-state index in [0.29, 0.717) is 30.7 Å². The van der Waals surface area contributed by atoms with Gasteiger partial charge in [-0.1, -0.05) is 6.07 Å². The zero-order chi connectivity index (χ0) is 18.0. The van der Waals surface area contributed by atoms with Crippen molar-refractivity contribution in [3.63, 3.8) is 0 Å². The van der Waals surface area contributed by atoms with Gasteiger partial charge in [0.15, 0.2) is 5.58 Å². The molecule has 0 spiro atoms. The Morgan fingerprint density at radius 1 is 1.40 bits per heavy atom. The number of aryl methyl sites for hydroxylation is 2. The van der Waals surface area contributed by atoms with Crippen molar-refractivity contribution in [1.82, 2.24) is 20.1 Å². The maximum absolute atomic E-state index is 12.6. The molecule has 0 saturated carbocycles. The smallest absolute Gasteiger partial charge is 0.408 e. The highest BCUT2D eigenvalue weighted by atomic mass is 16.4. The van der Waals surface area contributed by atoms with Gasteiger partial charge in [0.25, 0.3) is 0 Å². The minimum atomic E-state index is -0.522. The van der Waals surface area contributed by atoms with Crippen molar-refractivity contribution in [1.29, 1.82) is 0 Å². The fourth-order valence-electron chi connectivity index (χ4n) is 3.14. The summed E-state index contributed by atoms with van der Waals surface area (Å²) in [5.41, 5.74) is 2.20. The third kappa shape index (κ3) is 3.43. The molecule has 1 atom stereocenters. The summed E-state index contributed by atoms with van der Waals surface area (Å²) in [5, 5.41) is 5.70. The summed E-state index contributed by atoms with van der Waals surface area (Å²) < 4.78 is 6.69. The third-order valence-electron chi connectivity index (χ3n) is 4.48. The molecule has 0 bridgehead atoms. The van der Waals surface area contributed by atoms with Crippen LogP contribution in [0, 0.1) is 6.92 Å². The second-order valence-corrected chi connectivity index (χ2v) is 6.16. The fourth-order valence-corrected chi connectivity index (χ4v) is 3.14. The van der Waals surface area contributed by atoms with E-state index >= 15 is 0 Å². The summed E-state index contributed by atoms with van der Waals surface area (Å²) in [5.74, 6) is -0.817. The van der Waals surface area contributed by atoms with Crippen LogP contribution < -0.4 is 16.4 Å². The van der Waals surface area contributed by atoms with E-state index in [4.69, 9.17) is 4.42 Å². The summed E-state index contributed by atoms with van der Waals surface area (Å²) in [6.07, 6.45) is 0.135. The van der Waals surface area contributed by atoms with Gasteiger partial charge in [0.2, 0.25) is 11.8 Å². The van der Waals surface area contributed by atoms with E-state index in [1.165, 1.54) is 4.57 Å². The summed E-state index contributed by atoms with van der Waals surface area (Å²) in [7, 11) is 1.55. The maximum atomic E-state index is 12.6. The Bertz CT molecular complexity index is 854. The quantitative estimate of drug-likeness (QED) is 0.802. The minimum Gasteiger partial charge on any atom is -0.408 e. The normalized spacial score (nSPS) is 17.7. The molecule has 2 N–H and O–H groups in total. The van der Waals surface area contributed by atoms with E-state index in [1.54, 1.807) is 18.0 Å². The maximum Gasteiger partial charge on any atom is 0.419 e. The number of benzene rings is 1. The SMILES string of the molecule is CNC(=O)C1CNCCN1C(=O)CCn1c(=O)oc2ccc(C)cc21. The van der Waals surface area contributed by atoms with Gasteiger partial charge >= 0.3 is 5.76 Å². The van der Waals surface area contributed by atoms with Crippen molar-refractivity contribution in [2.45, 2.75) is 25.9 Å². The fraction of sp³-hybridized carbons (Fsp3) is 0.471. The van der Waals surface area contributed by atoms with Gasteiger partial charge in [-0.25, -0.2) is 4.79 Å². The number of rotatable bonds is 4. The van der Waals surface area contributed by atoms with Crippen molar-refractivity contribution in [3.8, 4) is 0 Å². The first-order valence-corrected chi connectivity index (χ1v) is 8.33. The molecule has 2 amide bonds. The highest BCUT2D eigenvalue weighted by molar-refractivity contribution is 5.88. The lowest BCUT2D eigenvalue weighted by Gasteiger charge is -2.35. The monoisotopic (exact) mass is 346 g/mol. The first kappa shape index (κ1) is 17.2. The molecular formula is C17H22N4O4. The van der Waals surface area contributed by atoms with Gasteiger partial charge in [0.05, 0.1) is 5.52 Å². The molecule has 1 aromatic heterocycles. The van der Waals surface area contributed by atoms with Crippen molar-refractivity contribution in [3.05, 3.63) is 34.3 Å². The number of oxazole rings is 1. The van der Waals surface area contributed by atoms with Gasteiger partial charge < -0.3 is 20.0 Å². The molecule has 2 heterocycles. The summed E-state index contributed by atoms with van der Waals surface area (Å²) in [6.45, 7) is 3.70. The largest absolute Gasteiger partial charge is 0.419 e. The molecule has 25 heavy (non-hydrogen) atoms. The van der Waals surface area contributed by atoms with Crippen LogP contribution in [0.15, 0.2) is 27.4 Å². The Morgan fingerprint density at radius 3 is 2.96 bits per heavy atom. The number of carbonyl (C=O) groups is 2. The molecule has 1 unspecified atom stereocenters. The van der Waals surface area contributed by atoms with Crippen molar-refractivity contribution in [2.75, 3.05) is 26.7 Å². The van der Waals surface area contributed by atoms with Crippen molar-refractivity contribution < 1.29 is 14.0 Å². The zero-order valence-electron chi connectivity index (χ0n) is 14.4. The lowest BCUT2D eigenvalue weighted by molar-refractivity contribution is -0.141. The van der Waals surface area contributed by atoms with E-state index in [2.05, 4.69) is 10.6 Å². The van der Waals surface area contributed by atoms with E-state index in [9.17, 15) is 14.4 Å². The van der Waals surface area contributed by atoms with Crippen LogP contribution in [0.25, 0.3) is 11.1 Å². The van der Waals surface area contributed by atoms with Gasteiger partial charge in [0, 0.05) is 39.6 Å². The van der Waals surface area contributed by atoms with Crippen LogP contribution in [0.2, 0.25) is 0 Å². The molecular weight excluding hydrogens is 324 g/mol. The number of fused-ring (bicyclic) bond motifs is 1. The van der Waals surface area contributed by atoms with Crippen molar-refractivity contribution in [2.24, 2.45) is 0 Å². The summed E-state index contributed by atoms with van der Waals surface area (Å²) >= 11 is 0. The second-order valence-electron chi connectivity index (χ2n) is 6.16. The average molecular weight is 346 g/mol. The molecule has 1 aliphatic rings. The predicted octanol–water partition coefficient (Wildman–Crippen LogP) is -0.161. The molecule has 8 nitrogen and oxygen atoms in total. The molecule has 0 radical (unpaired) electrons. The number of amides is 2. The van der Waals surface area contributed by atoms with Crippen LogP contribution in [0.1, 0.15) is 12.0 Å². The van der Waals surface area contributed by atoms with Crippen LogP contribution in [0.4, 0.5) is 0 Å². The first-order chi connectivity index (χ1) is 12.0. The number of piperazine rings is 1. The molecule has 3 rings (SSSR count). The van der Waals surface area contributed by atoms with E-state index in [1.807, 2.05) is 19.1 Å². The van der Waals surface area contributed by atoms with Crippen LogP contribution in [0.3, 0.4) is 0 Å². The number of likely N-dealkylation sites (N-methyl/N-ethyl adjacent to an activating group) is 1. The Hall–Kier alpha value is -2.61. The molecule has 1 aromatic carbocycles. The number of hydrogen-bond acceptors (Lipinski definition) is 5. The number of nitrogens with zero attached hydrogens (tertiary/aromatic N) is 2. The second kappa shape index (κ2) is 7.10.